The third kappa shape index (κ3) is 5.95. The Bertz CT molecular complexity index is 797. The molecule has 3 rings (SSSR count). The Balaban J connectivity index is 1.68. The summed E-state index contributed by atoms with van der Waals surface area (Å²) < 4.78 is 0. The van der Waals surface area contributed by atoms with Gasteiger partial charge in [0.2, 0.25) is 0 Å². The zero-order valence-electron chi connectivity index (χ0n) is 18.0. The fourth-order valence-electron chi connectivity index (χ4n) is 3.67. The molecule has 0 radical (unpaired) electrons. The Morgan fingerprint density at radius 1 is 1.07 bits per heavy atom. The number of anilines is 2. The van der Waals surface area contributed by atoms with Gasteiger partial charge in [0.1, 0.15) is 0 Å². The minimum atomic E-state index is -0.167. The molecule has 2 amide bonds. The summed E-state index contributed by atoms with van der Waals surface area (Å²) in [6.07, 6.45) is 0. The molecule has 29 heavy (non-hydrogen) atoms. The summed E-state index contributed by atoms with van der Waals surface area (Å²) >= 11 is 0. The van der Waals surface area contributed by atoms with Gasteiger partial charge < -0.3 is 20.4 Å². The minimum absolute atomic E-state index is 0.156. The van der Waals surface area contributed by atoms with Gasteiger partial charge in [-0.25, -0.2) is 4.79 Å². The second-order valence-corrected chi connectivity index (χ2v) is 8.05. The van der Waals surface area contributed by atoms with E-state index in [2.05, 4.69) is 56.6 Å². The molecule has 0 aromatic heterocycles. The lowest BCUT2D eigenvalue weighted by atomic mass is 10.0. The van der Waals surface area contributed by atoms with Crippen LogP contribution in [-0.4, -0.2) is 69.7 Å². The highest BCUT2D eigenvalue weighted by molar-refractivity contribution is 5.89. The van der Waals surface area contributed by atoms with Gasteiger partial charge in [-0.05, 0) is 49.4 Å². The minimum Gasteiger partial charge on any atom is -0.378 e. The van der Waals surface area contributed by atoms with Crippen LogP contribution < -0.4 is 15.5 Å². The van der Waals surface area contributed by atoms with Crippen LogP contribution >= 0.6 is 0 Å². The van der Waals surface area contributed by atoms with Crippen molar-refractivity contribution in [1.29, 1.82) is 0 Å². The lowest BCUT2D eigenvalue weighted by Crippen LogP contribution is -2.48. The van der Waals surface area contributed by atoms with Crippen LogP contribution in [0, 0.1) is 6.92 Å². The molecule has 2 aromatic carbocycles. The molecule has 2 N–H and O–H groups in total. The van der Waals surface area contributed by atoms with Gasteiger partial charge in [-0.15, -0.1) is 0 Å². The van der Waals surface area contributed by atoms with E-state index in [0.717, 1.165) is 37.4 Å². The molecule has 0 aliphatic carbocycles. The number of likely N-dealkylation sites (N-methyl/N-ethyl adjacent to an activating group) is 1. The van der Waals surface area contributed by atoms with Crippen molar-refractivity contribution in [2.75, 3.05) is 64.1 Å². The summed E-state index contributed by atoms with van der Waals surface area (Å²) in [5, 5.41) is 6.02. The summed E-state index contributed by atoms with van der Waals surface area (Å²) in [7, 11) is 6.25. The normalized spacial score (nSPS) is 16.3. The average molecular weight is 396 g/mol. The number of aryl methyl sites for hydroxylation is 1. The highest BCUT2D eigenvalue weighted by atomic mass is 16.2. The lowest BCUT2D eigenvalue weighted by molar-refractivity contribution is 0.111. The van der Waals surface area contributed by atoms with Gasteiger partial charge in [0.25, 0.3) is 0 Å². The Morgan fingerprint density at radius 3 is 2.38 bits per heavy atom. The average Bonchev–Trinajstić information content (AvgIpc) is 2.70. The largest absolute Gasteiger partial charge is 0.378 e. The molecule has 1 atom stereocenters. The highest BCUT2D eigenvalue weighted by Crippen LogP contribution is 2.24. The predicted molar refractivity (Wildman–Crippen MR) is 121 cm³/mol. The van der Waals surface area contributed by atoms with Gasteiger partial charge in [0.15, 0.2) is 0 Å². The Labute approximate surface area is 174 Å². The molecule has 0 unspecified atom stereocenters. The molecule has 1 aliphatic heterocycles. The fraction of sp³-hybridized carbons (Fsp3) is 0.435. The summed E-state index contributed by atoms with van der Waals surface area (Å²) in [4.78, 5) is 19.4. The van der Waals surface area contributed by atoms with Crippen LogP contribution in [0.15, 0.2) is 48.5 Å². The molecule has 1 saturated heterocycles. The maximum Gasteiger partial charge on any atom is 0.319 e. The molecular weight excluding hydrogens is 362 g/mol. The van der Waals surface area contributed by atoms with Crippen LogP contribution in [0.5, 0.6) is 0 Å². The first kappa shape index (κ1) is 21.1. The van der Waals surface area contributed by atoms with Crippen LogP contribution in [0.25, 0.3) is 0 Å². The molecule has 6 heteroatoms. The van der Waals surface area contributed by atoms with Crippen molar-refractivity contribution in [3.8, 4) is 0 Å². The molecular formula is C23H33N5O. The molecule has 156 valence electrons. The third-order valence-corrected chi connectivity index (χ3v) is 5.50. The molecule has 0 bridgehead atoms. The zero-order valence-corrected chi connectivity index (χ0v) is 18.0. The Morgan fingerprint density at radius 2 is 1.76 bits per heavy atom. The monoisotopic (exact) mass is 395 g/mol. The molecule has 0 spiro atoms. The molecule has 0 saturated carbocycles. The van der Waals surface area contributed by atoms with Gasteiger partial charge >= 0.3 is 6.03 Å². The van der Waals surface area contributed by atoms with E-state index in [1.807, 2.05) is 45.3 Å². The lowest BCUT2D eigenvalue weighted by Gasteiger charge is -2.38. The SMILES string of the molecule is Cc1cccc(NC(=O)NC[C@H](c2ccc(N(C)C)cc2)N2CCN(C)CC2)c1. The smallest absolute Gasteiger partial charge is 0.319 e. The molecule has 6 nitrogen and oxygen atoms in total. The topological polar surface area (TPSA) is 50.9 Å². The fourth-order valence-corrected chi connectivity index (χ4v) is 3.67. The van der Waals surface area contributed by atoms with E-state index >= 15 is 0 Å². The Kier molecular flexibility index (Phi) is 7.12. The van der Waals surface area contributed by atoms with Gasteiger partial charge in [0, 0.05) is 58.2 Å². The van der Waals surface area contributed by atoms with Crippen LogP contribution in [-0.2, 0) is 0 Å². The third-order valence-electron chi connectivity index (χ3n) is 5.50. The maximum absolute atomic E-state index is 12.5. The number of amides is 2. The number of nitrogens with zero attached hydrogens (tertiary/aromatic N) is 3. The number of carbonyl (C=O) groups excluding carboxylic acids is 1. The number of benzene rings is 2. The van der Waals surface area contributed by atoms with E-state index in [9.17, 15) is 4.79 Å². The van der Waals surface area contributed by atoms with E-state index in [1.165, 1.54) is 11.3 Å². The number of hydrogen-bond acceptors (Lipinski definition) is 4. The van der Waals surface area contributed by atoms with Gasteiger partial charge in [-0.1, -0.05) is 24.3 Å². The molecule has 2 aromatic rings. The number of urea groups is 1. The van der Waals surface area contributed by atoms with Crippen molar-refractivity contribution >= 4 is 17.4 Å². The van der Waals surface area contributed by atoms with Gasteiger partial charge in [-0.3, -0.25) is 4.90 Å². The summed E-state index contributed by atoms with van der Waals surface area (Å²) in [5.74, 6) is 0. The van der Waals surface area contributed by atoms with Crippen LogP contribution in [0.1, 0.15) is 17.2 Å². The number of nitrogens with one attached hydrogen (secondary N) is 2. The first-order chi connectivity index (χ1) is 13.9. The first-order valence-electron chi connectivity index (χ1n) is 10.2. The van der Waals surface area contributed by atoms with Crippen molar-refractivity contribution < 1.29 is 4.79 Å². The number of hydrogen-bond donors (Lipinski definition) is 2. The first-order valence-corrected chi connectivity index (χ1v) is 10.2. The van der Waals surface area contributed by atoms with Crippen LogP contribution in [0.2, 0.25) is 0 Å². The van der Waals surface area contributed by atoms with E-state index in [-0.39, 0.29) is 12.1 Å². The standard InChI is InChI=1S/C23H33N5O/c1-18-6-5-7-20(16-18)25-23(29)24-17-22(28-14-12-27(4)13-15-28)19-8-10-21(11-9-19)26(2)3/h5-11,16,22H,12-15,17H2,1-4H3,(H2,24,25,29)/t22-/m1/s1. The van der Waals surface area contributed by atoms with E-state index in [4.69, 9.17) is 0 Å². The molecule has 1 fully saturated rings. The van der Waals surface area contributed by atoms with Crippen LogP contribution in [0.3, 0.4) is 0 Å². The summed E-state index contributed by atoms with van der Waals surface area (Å²) in [6, 6.07) is 16.5. The summed E-state index contributed by atoms with van der Waals surface area (Å²) in [6.45, 7) is 6.67. The van der Waals surface area contributed by atoms with Crippen molar-refractivity contribution in [2.24, 2.45) is 0 Å². The van der Waals surface area contributed by atoms with E-state index < -0.39 is 0 Å². The number of rotatable bonds is 6. The second kappa shape index (κ2) is 9.76. The molecule has 1 aliphatic rings. The summed E-state index contributed by atoms with van der Waals surface area (Å²) in [5.41, 5.74) is 4.35. The van der Waals surface area contributed by atoms with Crippen molar-refractivity contribution in [1.82, 2.24) is 15.1 Å². The molecule has 1 heterocycles. The number of carbonyl (C=O) groups is 1. The predicted octanol–water partition coefficient (Wildman–Crippen LogP) is 3.17. The van der Waals surface area contributed by atoms with Crippen molar-refractivity contribution in [2.45, 2.75) is 13.0 Å². The Hall–Kier alpha value is -2.57. The van der Waals surface area contributed by atoms with Gasteiger partial charge in [0.05, 0.1) is 6.04 Å². The maximum atomic E-state index is 12.5. The van der Waals surface area contributed by atoms with Gasteiger partial charge in [-0.2, -0.15) is 0 Å². The van der Waals surface area contributed by atoms with Crippen molar-refractivity contribution in [3.05, 3.63) is 59.7 Å². The quantitative estimate of drug-likeness (QED) is 0.789. The van der Waals surface area contributed by atoms with Crippen molar-refractivity contribution in [3.63, 3.8) is 0 Å². The highest BCUT2D eigenvalue weighted by Gasteiger charge is 2.24. The zero-order chi connectivity index (χ0) is 20.8. The second-order valence-electron chi connectivity index (χ2n) is 8.05. The van der Waals surface area contributed by atoms with Crippen LogP contribution in [0.4, 0.5) is 16.2 Å². The number of piperazine rings is 1. The van der Waals surface area contributed by atoms with E-state index in [0.29, 0.717) is 6.54 Å². The van der Waals surface area contributed by atoms with E-state index in [1.54, 1.807) is 0 Å².